The molecule has 3 rings (SSSR count). The summed E-state index contributed by atoms with van der Waals surface area (Å²) in [5.74, 6) is -3.59. The van der Waals surface area contributed by atoms with Crippen LogP contribution in [-0.4, -0.2) is 22.0 Å². The maximum Gasteiger partial charge on any atom is 0.257 e. The summed E-state index contributed by atoms with van der Waals surface area (Å²) in [6.07, 6.45) is 2.43. The molecule has 0 bridgehead atoms. The Labute approximate surface area is 133 Å². The van der Waals surface area contributed by atoms with Crippen molar-refractivity contribution in [3.63, 3.8) is 0 Å². The van der Waals surface area contributed by atoms with Crippen molar-refractivity contribution in [1.82, 2.24) is 9.97 Å². The van der Waals surface area contributed by atoms with Gasteiger partial charge in [-0.15, -0.1) is 11.3 Å². The van der Waals surface area contributed by atoms with E-state index in [1.807, 2.05) is 0 Å². The smallest absolute Gasteiger partial charge is 0.257 e. The maximum atomic E-state index is 13.8. The summed E-state index contributed by atoms with van der Waals surface area (Å²) >= 11 is 1.04. The first kappa shape index (κ1) is 15.4. The van der Waals surface area contributed by atoms with Crippen molar-refractivity contribution in [1.29, 1.82) is 0 Å². The van der Waals surface area contributed by atoms with Gasteiger partial charge in [-0.05, 0) is 18.2 Å². The molecule has 4 nitrogen and oxygen atoms in total. The molecule has 0 fully saturated rings. The van der Waals surface area contributed by atoms with Gasteiger partial charge in [-0.2, -0.15) is 0 Å². The van der Waals surface area contributed by atoms with E-state index in [0.717, 1.165) is 11.3 Å². The SMILES string of the molecule is O=C(Nc1nc(C2C(F)=CC(F)=CC2F)cs1)c1ccncc1. The van der Waals surface area contributed by atoms with Crippen LogP contribution in [0.15, 0.2) is 53.7 Å². The molecule has 1 N–H and O–H groups in total. The first-order valence-electron chi connectivity index (χ1n) is 6.60. The number of pyridine rings is 1. The summed E-state index contributed by atoms with van der Waals surface area (Å²) < 4.78 is 40.6. The molecule has 0 spiro atoms. The maximum absolute atomic E-state index is 13.8. The highest BCUT2D eigenvalue weighted by atomic mass is 32.1. The number of anilines is 1. The number of halogens is 3. The lowest BCUT2D eigenvalue weighted by Crippen LogP contribution is -2.17. The number of aromatic nitrogens is 2. The highest BCUT2D eigenvalue weighted by molar-refractivity contribution is 7.14. The zero-order valence-electron chi connectivity index (χ0n) is 11.5. The number of alkyl halides is 1. The Kier molecular flexibility index (Phi) is 4.24. The van der Waals surface area contributed by atoms with Gasteiger partial charge in [0, 0.05) is 29.4 Å². The molecule has 0 saturated heterocycles. The van der Waals surface area contributed by atoms with Gasteiger partial charge in [-0.25, -0.2) is 18.2 Å². The summed E-state index contributed by atoms with van der Waals surface area (Å²) in [5.41, 5.74) is 0.485. The van der Waals surface area contributed by atoms with Crippen LogP contribution in [0.5, 0.6) is 0 Å². The molecule has 0 radical (unpaired) electrons. The van der Waals surface area contributed by atoms with Gasteiger partial charge < -0.3 is 0 Å². The van der Waals surface area contributed by atoms with E-state index in [9.17, 15) is 18.0 Å². The van der Waals surface area contributed by atoms with Gasteiger partial charge in [0.05, 0.1) is 11.6 Å². The minimum atomic E-state index is -1.84. The van der Waals surface area contributed by atoms with E-state index in [0.29, 0.717) is 17.7 Å². The third-order valence-corrected chi connectivity index (χ3v) is 3.99. The first-order valence-corrected chi connectivity index (χ1v) is 7.48. The second-order valence-corrected chi connectivity index (χ2v) is 5.63. The summed E-state index contributed by atoms with van der Waals surface area (Å²) in [4.78, 5) is 19.8. The Balaban J connectivity index is 1.76. The van der Waals surface area contributed by atoms with Gasteiger partial charge in [0.15, 0.2) is 5.13 Å². The summed E-state index contributed by atoms with van der Waals surface area (Å²) in [6.45, 7) is 0. The molecule has 0 aromatic carbocycles. The third kappa shape index (κ3) is 3.31. The fourth-order valence-corrected chi connectivity index (χ4v) is 2.87. The summed E-state index contributed by atoms with van der Waals surface area (Å²) in [5, 5.41) is 4.18. The van der Waals surface area contributed by atoms with E-state index in [-0.39, 0.29) is 10.8 Å². The Morgan fingerprint density at radius 3 is 2.70 bits per heavy atom. The molecule has 23 heavy (non-hydrogen) atoms. The quantitative estimate of drug-likeness (QED) is 0.923. The fraction of sp³-hybridized carbons (Fsp3) is 0.133. The molecule has 1 amide bonds. The van der Waals surface area contributed by atoms with Crippen molar-refractivity contribution < 1.29 is 18.0 Å². The van der Waals surface area contributed by atoms with E-state index < -0.39 is 29.7 Å². The Morgan fingerprint density at radius 2 is 2.00 bits per heavy atom. The standard InChI is InChI=1S/C15H10F3N3OS/c16-9-5-10(17)13(11(18)6-9)12-7-23-15(20-12)21-14(22)8-1-3-19-4-2-8/h1-7,10,13H,(H,20,21,22). The summed E-state index contributed by atoms with van der Waals surface area (Å²) in [7, 11) is 0. The second-order valence-electron chi connectivity index (χ2n) is 4.77. The zero-order valence-corrected chi connectivity index (χ0v) is 12.4. The minimum Gasteiger partial charge on any atom is -0.298 e. The molecule has 2 atom stereocenters. The van der Waals surface area contributed by atoms with Gasteiger partial charge in [-0.1, -0.05) is 0 Å². The first-order chi connectivity index (χ1) is 11.0. The van der Waals surface area contributed by atoms with Crippen molar-refractivity contribution in [2.75, 3.05) is 5.32 Å². The number of hydrogen-bond acceptors (Lipinski definition) is 4. The molecule has 0 saturated carbocycles. The zero-order chi connectivity index (χ0) is 16.4. The van der Waals surface area contributed by atoms with Crippen LogP contribution in [0.25, 0.3) is 0 Å². The van der Waals surface area contributed by atoms with Gasteiger partial charge in [-0.3, -0.25) is 15.1 Å². The van der Waals surface area contributed by atoms with Crippen LogP contribution in [0, 0.1) is 0 Å². The van der Waals surface area contributed by atoms with Crippen LogP contribution >= 0.6 is 11.3 Å². The van der Waals surface area contributed by atoms with E-state index in [2.05, 4.69) is 15.3 Å². The Hall–Kier alpha value is -2.48. The fourth-order valence-electron chi connectivity index (χ4n) is 2.13. The van der Waals surface area contributed by atoms with E-state index in [4.69, 9.17) is 0 Å². The van der Waals surface area contributed by atoms with Crippen LogP contribution in [-0.2, 0) is 0 Å². The highest BCUT2D eigenvalue weighted by Crippen LogP contribution is 2.37. The van der Waals surface area contributed by atoms with Crippen molar-refractivity contribution in [2.24, 2.45) is 0 Å². The molecule has 2 aromatic heterocycles. The number of nitrogens with zero attached hydrogens (tertiary/aromatic N) is 2. The number of hydrogen-bond donors (Lipinski definition) is 1. The Morgan fingerprint density at radius 1 is 1.26 bits per heavy atom. The summed E-state index contributed by atoms with van der Waals surface area (Å²) in [6, 6.07) is 3.05. The molecule has 2 aromatic rings. The van der Waals surface area contributed by atoms with Crippen LogP contribution in [0.1, 0.15) is 22.0 Å². The van der Waals surface area contributed by atoms with Gasteiger partial charge in [0.1, 0.15) is 17.8 Å². The normalized spacial score (nSPS) is 20.7. The second kappa shape index (κ2) is 6.33. The molecule has 1 aliphatic carbocycles. The van der Waals surface area contributed by atoms with Gasteiger partial charge in [0.2, 0.25) is 0 Å². The topological polar surface area (TPSA) is 54.9 Å². The molecule has 2 unspecified atom stereocenters. The van der Waals surface area contributed by atoms with E-state index in [1.54, 1.807) is 0 Å². The Bertz CT molecular complexity index is 788. The molecule has 0 aliphatic heterocycles. The third-order valence-electron chi connectivity index (χ3n) is 3.21. The number of carbonyl (C=O) groups is 1. The lowest BCUT2D eigenvalue weighted by atomic mass is 9.94. The number of carbonyl (C=O) groups excluding carboxylic acids is 1. The van der Waals surface area contributed by atoms with Crippen LogP contribution in [0.4, 0.5) is 18.3 Å². The number of thiazole rings is 1. The van der Waals surface area contributed by atoms with Gasteiger partial charge >= 0.3 is 0 Å². The molecule has 8 heteroatoms. The van der Waals surface area contributed by atoms with Crippen molar-refractivity contribution >= 4 is 22.4 Å². The molecular formula is C15H10F3N3OS. The average Bonchev–Trinajstić information content (AvgIpc) is 2.95. The van der Waals surface area contributed by atoms with Crippen molar-refractivity contribution in [3.8, 4) is 0 Å². The predicted octanol–water partition coefficient (Wildman–Crippen LogP) is 3.93. The number of amides is 1. The van der Waals surface area contributed by atoms with Crippen molar-refractivity contribution in [2.45, 2.75) is 12.1 Å². The molecule has 118 valence electrons. The average molecular weight is 337 g/mol. The lowest BCUT2D eigenvalue weighted by molar-refractivity contribution is 0.102. The molecular weight excluding hydrogens is 327 g/mol. The number of allylic oxidation sites excluding steroid dienone is 4. The lowest BCUT2D eigenvalue weighted by Gasteiger charge is -2.18. The largest absolute Gasteiger partial charge is 0.298 e. The number of nitrogens with one attached hydrogen (secondary N) is 1. The predicted molar refractivity (Wildman–Crippen MR) is 80.3 cm³/mol. The van der Waals surface area contributed by atoms with Crippen LogP contribution < -0.4 is 5.32 Å². The van der Waals surface area contributed by atoms with Crippen LogP contribution in [0.3, 0.4) is 0 Å². The molecule has 1 aliphatic rings. The minimum absolute atomic E-state index is 0.102. The highest BCUT2D eigenvalue weighted by Gasteiger charge is 2.32. The van der Waals surface area contributed by atoms with Crippen LogP contribution in [0.2, 0.25) is 0 Å². The van der Waals surface area contributed by atoms with Gasteiger partial charge in [0.25, 0.3) is 5.91 Å². The molecule has 2 heterocycles. The van der Waals surface area contributed by atoms with Crippen molar-refractivity contribution in [3.05, 3.63) is 65.0 Å². The van der Waals surface area contributed by atoms with E-state index in [1.165, 1.54) is 29.9 Å². The van der Waals surface area contributed by atoms with E-state index >= 15 is 0 Å². The number of rotatable bonds is 3. The monoisotopic (exact) mass is 337 g/mol.